The Morgan fingerprint density at radius 1 is 1.29 bits per heavy atom. The largest absolute Gasteiger partial charge is 0.493 e. The molecule has 0 radical (unpaired) electrons. The Bertz CT molecular complexity index is 452. The molecule has 0 saturated carbocycles. The van der Waals surface area contributed by atoms with Gasteiger partial charge >= 0.3 is 0 Å². The van der Waals surface area contributed by atoms with Crippen LogP contribution in [0.1, 0.15) is 43.7 Å². The van der Waals surface area contributed by atoms with Crippen molar-refractivity contribution in [1.29, 1.82) is 0 Å². The van der Waals surface area contributed by atoms with Crippen LogP contribution >= 0.6 is 11.6 Å². The van der Waals surface area contributed by atoms with Gasteiger partial charge in [0.25, 0.3) is 0 Å². The third-order valence-corrected chi connectivity index (χ3v) is 3.74. The number of hydrogen-bond acceptors (Lipinski definition) is 4. The summed E-state index contributed by atoms with van der Waals surface area (Å²) in [7, 11) is 3.17. The number of unbranched alkanes of at least 4 members (excludes halogenated alkanes) is 3. The molecule has 0 saturated heterocycles. The van der Waals surface area contributed by atoms with E-state index in [1.165, 1.54) is 0 Å². The average Bonchev–Trinajstić information content (AvgIpc) is 2.50. The first-order valence-corrected chi connectivity index (χ1v) is 7.54. The van der Waals surface area contributed by atoms with Gasteiger partial charge in [-0.15, -0.1) is 6.58 Å². The van der Waals surface area contributed by atoms with Crippen LogP contribution in [0, 0.1) is 0 Å². The maximum absolute atomic E-state index is 6.23. The molecule has 0 fully saturated rings. The summed E-state index contributed by atoms with van der Waals surface area (Å²) in [5.74, 6) is 6.84. The lowest BCUT2D eigenvalue weighted by atomic mass is 10.00. The SMILES string of the molecule is C=CCCCCCC(NN)c1cc(Cl)c(OC)c(OC)c1. The highest BCUT2D eigenvalue weighted by atomic mass is 35.5. The van der Waals surface area contributed by atoms with E-state index < -0.39 is 0 Å². The first-order valence-electron chi connectivity index (χ1n) is 7.16. The first kappa shape index (κ1) is 17.8. The number of nitrogens with one attached hydrogen (secondary N) is 1. The average molecular weight is 313 g/mol. The van der Waals surface area contributed by atoms with Crippen LogP contribution in [0.25, 0.3) is 0 Å². The molecule has 0 bridgehead atoms. The predicted octanol–water partition coefficient (Wildman–Crippen LogP) is 4.00. The summed E-state index contributed by atoms with van der Waals surface area (Å²) >= 11 is 6.23. The number of benzene rings is 1. The van der Waals surface area contributed by atoms with Gasteiger partial charge in [0.2, 0.25) is 0 Å². The van der Waals surface area contributed by atoms with Gasteiger partial charge in [0.1, 0.15) is 0 Å². The molecule has 0 aliphatic heterocycles. The number of hydrogen-bond donors (Lipinski definition) is 2. The van der Waals surface area contributed by atoms with E-state index >= 15 is 0 Å². The molecule has 0 amide bonds. The van der Waals surface area contributed by atoms with E-state index in [1.54, 1.807) is 14.2 Å². The molecular formula is C16H25ClN2O2. The molecule has 118 valence electrons. The molecule has 3 N–H and O–H groups in total. The molecule has 1 atom stereocenters. The molecule has 5 heteroatoms. The quantitative estimate of drug-likeness (QED) is 0.297. The van der Waals surface area contributed by atoms with Crippen LogP contribution in [-0.4, -0.2) is 14.2 Å². The van der Waals surface area contributed by atoms with Gasteiger partial charge in [-0.05, 0) is 37.0 Å². The zero-order valence-electron chi connectivity index (χ0n) is 12.8. The van der Waals surface area contributed by atoms with Crippen molar-refractivity contribution in [3.63, 3.8) is 0 Å². The molecular weight excluding hydrogens is 288 g/mol. The van der Waals surface area contributed by atoms with Crippen molar-refractivity contribution in [3.05, 3.63) is 35.4 Å². The van der Waals surface area contributed by atoms with Crippen LogP contribution in [0.4, 0.5) is 0 Å². The molecule has 1 unspecified atom stereocenters. The van der Waals surface area contributed by atoms with Gasteiger partial charge in [-0.3, -0.25) is 11.3 Å². The maximum atomic E-state index is 6.23. The van der Waals surface area contributed by atoms with E-state index in [9.17, 15) is 0 Å². The van der Waals surface area contributed by atoms with Gasteiger partial charge < -0.3 is 9.47 Å². The number of hydrazine groups is 1. The molecule has 0 heterocycles. The zero-order chi connectivity index (χ0) is 15.7. The van der Waals surface area contributed by atoms with Gasteiger partial charge in [0.15, 0.2) is 11.5 Å². The van der Waals surface area contributed by atoms with Crippen molar-refractivity contribution in [1.82, 2.24) is 5.43 Å². The van der Waals surface area contributed by atoms with E-state index in [0.29, 0.717) is 16.5 Å². The lowest BCUT2D eigenvalue weighted by molar-refractivity contribution is 0.353. The van der Waals surface area contributed by atoms with Crippen LogP contribution in [0.2, 0.25) is 5.02 Å². The summed E-state index contributed by atoms with van der Waals surface area (Å²) < 4.78 is 10.6. The van der Waals surface area contributed by atoms with Crippen molar-refractivity contribution in [3.8, 4) is 11.5 Å². The van der Waals surface area contributed by atoms with Gasteiger partial charge in [-0.2, -0.15) is 0 Å². The minimum Gasteiger partial charge on any atom is -0.493 e. The summed E-state index contributed by atoms with van der Waals surface area (Å²) in [4.78, 5) is 0. The minimum absolute atomic E-state index is 0.0473. The van der Waals surface area contributed by atoms with Gasteiger partial charge in [0.05, 0.1) is 19.2 Å². The third-order valence-electron chi connectivity index (χ3n) is 3.46. The fourth-order valence-electron chi connectivity index (χ4n) is 2.30. The Hall–Kier alpha value is -1.23. The number of rotatable bonds is 10. The highest BCUT2D eigenvalue weighted by molar-refractivity contribution is 6.32. The summed E-state index contributed by atoms with van der Waals surface area (Å²) in [5, 5.41) is 0.527. The van der Waals surface area contributed by atoms with Crippen LogP contribution in [-0.2, 0) is 0 Å². The molecule has 0 aromatic heterocycles. The molecule has 1 rings (SSSR count). The minimum atomic E-state index is 0.0473. The Labute approximate surface area is 132 Å². The predicted molar refractivity (Wildman–Crippen MR) is 87.9 cm³/mol. The first-order chi connectivity index (χ1) is 10.2. The smallest absolute Gasteiger partial charge is 0.179 e. The number of methoxy groups -OCH3 is 2. The number of ether oxygens (including phenoxy) is 2. The van der Waals surface area contributed by atoms with Crippen molar-refractivity contribution in [2.75, 3.05) is 14.2 Å². The standard InChI is InChI=1S/C16H25ClN2O2/c1-4-5-6-7-8-9-14(19-18)12-10-13(17)16(21-3)15(11-12)20-2/h4,10-11,14,19H,1,5-9,18H2,2-3H3. The normalized spacial score (nSPS) is 12.0. The van der Waals surface area contributed by atoms with E-state index in [0.717, 1.165) is 37.7 Å². The summed E-state index contributed by atoms with van der Waals surface area (Å²) in [6.07, 6.45) is 7.36. The Balaban J connectivity index is 2.76. The third kappa shape index (κ3) is 5.23. The number of nitrogens with two attached hydrogens (primary N) is 1. The maximum Gasteiger partial charge on any atom is 0.179 e. The summed E-state index contributed by atoms with van der Waals surface area (Å²) in [6, 6.07) is 3.84. The molecule has 4 nitrogen and oxygen atoms in total. The highest BCUT2D eigenvalue weighted by Crippen LogP contribution is 2.38. The Kier molecular flexibility index (Phi) is 8.20. The van der Waals surface area contributed by atoms with Crippen molar-refractivity contribution in [2.24, 2.45) is 5.84 Å². The van der Waals surface area contributed by atoms with Gasteiger partial charge in [0, 0.05) is 6.04 Å². The second-order valence-corrected chi connectivity index (χ2v) is 5.29. The van der Waals surface area contributed by atoms with Crippen molar-refractivity contribution in [2.45, 2.75) is 38.1 Å². The molecule has 21 heavy (non-hydrogen) atoms. The van der Waals surface area contributed by atoms with E-state index in [-0.39, 0.29) is 6.04 Å². The molecule has 1 aromatic rings. The van der Waals surface area contributed by atoms with Gasteiger partial charge in [-0.25, -0.2) is 0 Å². The second-order valence-electron chi connectivity index (χ2n) is 4.88. The fraction of sp³-hybridized carbons (Fsp3) is 0.500. The highest BCUT2D eigenvalue weighted by Gasteiger charge is 2.16. The van der Waals surface area contributed by atoms with Crippen LogP contribution < -0.4 is 20.7 Å². The lowest BCUT2D eigenvalue weighted by Gasteiger charge is -2.19. The van der Waals surface area contributed by atoms with Crippen LogP contribution in [0.3, 0.4) is 0 Å². The molecule has 0 aliphatic carbocycles. The Morgan fingerprint density at radius 2 is 2.05 bits per heavy atom. The molecule has 0 aliphatic rings. The lowest BCUT2D eigenvalue weighted by Crippen LogP contribution is -2.28. The van der Waals surface area contributed by atoms with E-state index in [2.05, 4.69) is 12.0 Å². The summed E-state index contributed by atoms with van der Waals surface area (Å²) in [5.41, 5.74) is 3.85. The van der Waals surface area contributed by atoms with Crippen LogP contribution in [0.15, 0.2) is 24.8 Å². The second kappa shape index (κ2) is 9.66. The molecule has 1 aromatic carbocycles. The zero-order valence-corrected chi connectivity index (χ0v) is 13.6. The van der Waals surface area contributed by atoms with Crippen molar-refractivity contribution >= 4 is 11.6 Å². The number of allylic oxidation sites excluding steroid dienone is 1. The van der Waals surface area contributed by atoms with E-state index in [1.807, 2.05) is 18.2 Å². The molecule has 0 spiro atoms. The van der Waals surface area contributed by atoms with Crippen molar-refractivity contribution < 1.29 is 9.47 Å². The topological polar surface area (TPSA) is 56.5 Å². The Morgan fingerprint density at radius 3 is 2.62 bits per heavy atom. The fourth-order valence-corrected chi connectivity index (χ4v) is 2.60. The van der Waals surface area contributed by atoms with Gasteiger partial charge in [-0.1, -0.05) is 30.5 Å². The summed E-state index contributed by atoms with van der Waals surface area (Å²) in [6.45, 7) is 3.73. The monoisotopic (exact) mass is 312 g/mol. The van der Waals surface area contributed by atoms with Crippen LogP contribution in [0.5, 0.6) is 11.5 Å². The van der Waals surface area contributed by atoms with E-state index in [4.69, 9.17) is 26.9 Å². The number of halogens is 1.